The zero-order valence-corrected chi connectivity index (χ0v) is 18.5. The summed E-state index contributed by atoms with van der Waals surface area (Å²) in [5.41, 5.74) is 2.54. The maximum absolute atomic E-state index is 12.7. The minimum absolute atomic E-state index is 0.0161. The van der Waals surface area contributed by atoms with Gasteiger partial charge in [0.25, 0.3) is 0 Å². The highest BCUT2D eigenvalue weighted by molar-refractivity contribution is 7.16. The summed E-state index contributed by atoms with van der Waals surface area (Å²) in [6, 6.07) is 9.96. The van der Waals surface area contributed by atoms with Gasteiger partial charge in [0.2, 0.25) is 11.8 Å². The molecule has 7 heteroatoms. The number of carbonyl (C=O) groups excluding carboxylic acids is 2. The maximum Gasteiger partial charge on any atom is 0.225 e. The van der Waals surface area contributed by atoms with E-state index in [9.17, 15) is 14.9 Å². The Morgan fingerprint density at radius 2 is 2.20 bits per heavy atom. The van der Waals surface area contributed by atoms with Gasteiger partial charge in [0.15, 0.2) is 0 Å². The van der Waals surface area contributed by atoms with Crippen molar-refractivity contribution in [2.24, 2.45) is 0 Å². The van der Waals surface area contributed by atoms with Gasteiger partial charge in [0.05, 0.1) is 19.2 Å². The van der Waals surface area contributed by atoms with Gasteiger partial charge in [-0.1, -0.05) is 26.0 Å². The van der Waals surface area contributed by atoms with Gasteiger partial charge in [-0.25, -0.2) is 0 Å². The number of ether oxygens (including phenoxy) is 1. The van der Waals surface area contributed by atoms with Gasteiger partial charge in [-0.15, -0.1) is 11.3 Å². The minimum atomic E-state index is -0.126. The van der Waals surface area contributed by atoms with Gasteiger partial charge in [-0.2, -0.15) is 5.26 Å². The molecule has 1 aromatic heterocycles. The van der Waals surface area contributed by atoms with Crippen LogP contribution >= 0.6 is 11.3 Å². The molecule has 30 heavy (non-hydrogen) atoms. The van der Waals surface area contributed by atoms with Crippen LogP contribution in [0.4, 0.5) is 5.00 Å². The lowest BCUT2D eigenvalue weighted by Gasteiger charge is -2.26. The molecule has 2 aromatic rings. The van der Waals surface area contributed by atoms with Crippen LogP contribution in [-0.2, 0) is 22.6 Å². The SMILES string of the molecule is CCCC(=O)N1CCc2c(sc(NC(=O)C[C@H](C)c3cccc(OC)c3)c2C#N)C1. The lowest BCUT2D eigenvalue weighted by molar-refractivity contribution is -0.132. The fourth-order valence-electron chi connectivity index (χ4n) is 3.72. The van der Waals surface area contributed by atoms with Crippen molar-refractivity contribution in [1.82, 2.24) is 4.90 Å². The number of rotatable bonds is 7. The Kier molecular flexibility index (Phi) is 7.11. The first-order chi connectivity index (χ1) is 14.5. The number of thiophene rings is 1. The van der Waals surface area contributed by atoms with Crippen LogP contribution < -0.4 is 10.1 Å². The standard InChI is InChI=1S/C23H27N3O3S/c1-4-6-22(28)26-10-9-18-19(13-24)23(30-20(18)14-26)25-21(27)11-15(2)16-7-5-8-17(12-16)29-3/h5,7-8,12,15H,4,6,9-11,14H2,1-3H3,(H,25,27)/t15-/m0/s1. The number of benzene rings is 1. The van der Waals surface area contributed by atoms with Crippen molar-refractivity contribution in [3.8, 4) is 11.8 Å². The number of nitrogens with one attached hydrogen (secondary N) is 1. The zero-order chi connectivity index (χ0) is 21.7. The second-order valence-corrected chi connectivity index (χ2v) is 8.67. The highest BCUT2D eigenvalue weighted by Crippen LogP contribution is 2.37. The molecule has 3 rings (SSSR count). The summed E-state index contributed by atoms with van der Waals surface area (Å²) < 4.78 is 5.26. The molecule has 1 atom stereocenters. The molecule has 1 aromatic carbocycles. The van der Waals surface area contributed by atoms with Crippen LogP contribution in [-0.4, -0.2) is 30.4 Å². The molecule has 1 aliphatic heterocycles. The number of carbonyl (C=O) groups is 2. The number of nitrogens with zero attached hydrogens (tertiary/aromatic N) is 2. The van der Waals surface area contributed by atoms with Crippen molar-refractivity contribution in [3.63, 3.8) is 0 Å². The van der Waals surface area contributed by atoms with E-state index in [0.29, 0.717) is 42.9 Å². The molecular weight excluding hydrogens is 398 g/mol. The predicted molar refractivity (Wildman–Crippen MR) is 118 cm³/mol. The number of hydrogen-bond acceptors (Lipinski definition) is 5. The van der Waals surface area contributed by atoms with E-state index in [2.05, 4.69) is 11.4 Å². The monoisotopic (exact) mass is 425 g/mol. The molecule has 2 amide bonds. The average Bonchev–Trinajstić information content (AvgIpc) is 3.09. The Balaban J connectivity index is 1.70. The molecular formula is C23H27N3O3S. The molecule has 0 saturated heterocycles. The van der Waals surface area contributed by atoms with E-state index < -0.39 is 0 Å². The highest BCUT2D eigenvalue weighted by atomic mass is 32.1. The fourth-order valence-corrected chi connectivity index (χ4v) is 4.95. The van der Waals surface area contributed by atoms with E-state index in [1.165, 1.54) is 11.3 Å². The van der Waals surface area contributed by atoms with Gasteiger partial charge in [-0.05, 0) is 42.0 Å². The van der Waals surface area contributed by atoms with Crippen LogP contribution in [0.2, 0.25) is 0 Å². The van der Waals surface area contributed by atoms with E-state index in [4.69, 9.17) is 4.74 Å². The van der Waals surface area contributed by atoms with Crippen LogP contribution in [0, 0.1) is 11.3 Å². The third-order valence-corrected chi connectivity index (χ3v) is 6.52. The number of nitriles is 1. The van der Waals surface area contributed by atoms with Crippen LogP contribution in [0.1, 0.15) is 60.6 Å². The number of hydrogen-bond donors (Lipinski definition) is 1. The first-order valence-corrected chi connectivity index (χ1v) is 11.0. The molecule has 0 spiro atoms. The van der Waals surface area contributed by atoms with Gasteiger partial charge < -0.3 is 15.0 Å². The molecule has 0 bridgehead atoms. The first-order valence-electron chi connectivity index (χ1n) is 10.2. The molecule has 0 fully saturated rings. The number of anilines is 1. The van der Waals surface area contributed by atoms with Crippen molar-refractivity contribution >= 4 is 28.2 Å². The number of amides is 2. The van der Waals surface area contributed by atoms with Crippen molar-refractivity contribution in [3.05, 3.63) is 45.8 Å². The molecule has 0 radical (unpaired) electrons. The summed E-state index contributed by atoms with van der Waals surface area (Å²) in [6.07, 6.45) is 2.32. The van der Waals surface area contributed by atoms with Crippen LogP contribution in [0.5, 0.6) is 5.75 Å². The lowest BCUT2D eigenvalue weighted by Crippen LogP contribution is -2.35. The summed E-state index contributed by atoms with van der Waals surface area (Å²) in [4.78, 5) is 27.8. The third-order valence-electron chi connectivity index (χ3n) is 5.39. The van der Waals surface area contributed by atoms with Crippen LogP contribution in [0.3, 0.4) is 0 Å². The summed E-state index contributed by atoms with van der Waals surface area (Å²) in [6.45, 7) is 5.13. The Hall–Kier alpha value is -2.85. The molecule has 6 nitrogen and oxygen atoms in total. The predicted octanol–water partition coefficient (Wildman–Crippen LogP) is 4.45. The van der Waals surface area contributed by atoms with Crippen molar-refractivity contribution < 1.29 is 14.3 Å². The molecule has 158 valence electrons. The van der Waals surface area contributed by atoms with Gasteiger partial charge in [0.1, 0.15) is 16.8 Å². The van der Waals surface area contributed by atoms with Crippen LogP contribution in [0.25, 0.3) is 0 Å². The second kappa shape index (κ2) is 9.77. The van der Waals surface area contributed by atoms with Crippen molar-refractivity contribution in [2.45, 2.75) is 52.0 Å². The Morgan fingerprint density at radius 1 is 1.40 bits per heavy atom. The fraction of sp³-hybridized carbons (Fsp3) is 0.435. The molecule has 0 saturated carbocycles. The van der Waals surface area contributed by atoms with E-state index in [1.807, 2.05) is 43.0 Å². The quantitative estimate of drug-likeness (QED) is 0.711. The Bertz CT molecular complexity index is 977. The Morgan fingerprint density at radius 3 is 2.90 bits per heavy atom. The molecule has 0 unspecified atom stereocenters. The second-order valence-electron chi connectivity index (χ2n) is 7.56. The molecule has 0 aliphatic carbocycles. The van der Waals surface area contributed by atoms with Crippen molar-refractivity contribution in [1.29, 1.82) is 5.26 Å². The smallest absolute Gasteiger partial charge is 0.225 e. The normalized spacial score (nSPS) is 13.9. The lowest BCUT2D eigenvalue weighted by atomic mass is 9.97. The number of fused-ring (bicyclic) bond motifs is 1. The molecule has 1 aliphatic rings. The average molecular weight is 426 g/mol. The number of methoxy groups -OCH3 is 1. The summed E-state index contributed by atoms with van der Waals surface area (Å²) in [7, 11) is 1.62. The van der Waals surface area contributed by atoms with E-state index in [-0.39, 0.29) is 17.7 Å². The van der Waals surface area contributed by atoms with E-state index in [1.54, 1.807) is 7.11 Å². The van der Waals surface area contributed by atoms with Crippen LogP contribution in [0.15, 0.2) is 24.3 Å². The zero-order valence-electron chi connectivity index (χ0n) is 17.7. The highest BCUT2D eigenvalue weighted by Gasteiger charge is 2.27. The van der Waals surface area contributed by atoms with Gasteiger partial charge in [-0.3, -0.25) is 9.59 Å². The first kappa shape index (κ1) is 21.8. The summed E-state index contributed by atoms with van der Waals surface area (Å²) in [5.74, 6) is 0.800. The van der Waals surface area contributed by atoms with E-state index >= 15 is 0 Å². The topological polar surface area (TPSA) is 82.4 Å². The minimum Gasteiger partial charge on any atom is -0.497 e. The van der Waals surface area contributed by atoms with E-state index in [0.717, 1.165) is 28.2 Å². The summed E-state index contributed by atoms with van der Waals surface area (Å²) >= 11 is 1.41. The van der Waals surface area contributed by atoms with Gasteiger partial charge >= 0.3 is 0 Å². The Labute approximate surface area is 181 Å². The molecule has 2 heterocycles. The third kappa shape index (κ3) is 4.82. The maximum atomic E-state index is 12.7. The molecule has 1 N–H and O–H groups in total. The van der Waals surface area contributed by atoms with Crippen molar-refractivity contribution in [2.75, 3.05) is 19.0 Å². The van der Waals surface area contributed by atoms with Gasteiger partial charge in [0, 0.05) is 24.3 Å². The largest absolute Gasteiger partial charge is 0.497 e. The summed E-state index contributed by atoms with van der Waals surface area (Å²) in [5, 5.41) is 13.2.